The quantitative estimate of drug-likeness (QED) is 0.591. The van der Waals surface area contributed by atoms with Gasteiger partial charge in [0.1, 0.15) is 5.52 Å². The number of aromatic nitrogens is 4. The smallest absolute Gasteiger partial charge is 0.225 e. The fraction of sp³-hybridized carbons (Fsp3) is 0.500. The van der Waals surface area contributed by atoms with E-state index in [4.69, 9.17) is 27.9 Å². The lowest BCUT2D eigenvalue weighted by atomic mass is 10.1. The van der Waals surface area contributed by atoms with Gasteiger partial charge in [-0.1, -0.05) is 11.6 Å². The van der Waals surface area contributed by atoms with Crippen LogP contribution in [0.15, 0.2) is 6.33 Å². The maximum Gasteiger partial charge on any atom is 0.225 e. The van der Waals surface area contributed by atoms with Crippen LogP contribution in [0.2, 0.25) is 10.4 Å². The summed E-state index contributed by atoms with van der Waals surface area (Å²) in [5.74, 6) is 0. The van der Waals surface area contributed by atoms with Gasteiger partial charge in [0.05, 0.1) is 6.33 Å². The summed E-state index contributed by atoms with van der Waals surface area (Å²) in [6, 6.07) is 0.343. The summed E-state index contributed by atoms with van der Waals surface area (Å²) in [5.41, 5.74) is 1.30. The zero-order valence-electron chi connectivity index (χ0n) is 8.94. The lowest BCUT2D eigenvalue weighted by molar-refractivity contribution is 0.0704. The number of ether oxygens (including phenoxy) is 1. The van der Waals surface area contributed by atoms with Crippen LogP contribution in [0.25, 0.3) is 11.2 Å². The van der Waals surface area contributed by atoms with Crippen molar-refractivity contribution >= 4 is 34.4 Å². The molecule has 90 valence electrons. The molecule has 0 bridgehead atoms. The van der Waals surface area contributed by atoms with E-state index in [1.54, 1.807) is 6.33 Å². The van der Waals surface area contributed by atoms with Gasteiger partial charge in [0.2, 0.25) is 5.28 Å². The molecule has 0 saturated carbocycles. The van der Waals surface area contributed by atoms with Gasteiger partial charge in [-0.05, 0) is 24.4 Å². The molecular weight excluding hydrogens is 263 g/mol. The van der Waals surface area contributed by atoms with Crippen molar-refractivity contribution in [2.45, 2.75) is 18.9 Å². The highest BCUT2D eigenvalue weighted by Gasteiger charge is 2.20. The Labute approximate surface area is 108 Å². The van der Waals surface area contributed by atoms with E-state index < -0.39 is 0 Å². The largest absolute Gasteiger partial charge is 0.381 e. The number of fused-ring (bicyclic) bond motifs is 1. The van der Waals surface area contributed by atoms with Crippen LogP contribution in [-0.4, -0.2) is 32.7 Å². The predicted octanol–water partition coefficient (Wildman–Crippen LogP) is 2.48. The minimum absolute atomic E-state index is 0.149. The Bertz CT molecular complexity index is 550. The molecule has 5 nitrogen and oxygen atoms in total. The number of imidazole rings is 1. The number of hydrogen-bond acceptors (Lipinski definition) is 4. The molecule has 1 aliphatic rings. The van der Waals surface area contributed by atoms with Gasteiger partial charge in [-0.3, -0.25) is 0 Å². The lowest BCUT2D eigenvalue weighted by Gasteiger charge is -2.23. The van der Waals surface area contributed by atoms with Gasteiger partial charge < -0.3 is 9.30 Å². The molecular formula is C10H10Cl2N4O. The van der Waals surface area contributed by atoms with Crippen molar-refractivity contribution in [3.8, 4) is 0 Å². The van der Waals surface area contributed by atoms with Crippen molar-refractivity contribution in [2.75, 3.05) is 13.2 Å². The molecule has 0 N–H and O–H groups in total. The maximum atomic E-state index is 5.98. The normalized spacial score (nSPS) is 17.8. The molecule has 0 aliphatic carbocycles. The van der Waals surface area contributed by atoms with E-state index in [-0.39, 0.29) is 5.28 Å². The SMILES string of the molecule is Clc1nc(Cl)c2ncn(C3CCOCC3)c2n1. The average Bonchev–Trinajstić information content (AvgIpc) is 2.74. The van der Waals surface area contributed by atoms with Crippen LogP contribution in [0.4, 0.5) is 0 Å². The Morgan fingerprint density at radius 2 is 2.00 bits per heavy atom. The van der Waals surface area contributed by atoms with Gasteiger partial charge in [-0.2, -0.15) is 4.98 Å². The van der Waals surface area contributed by atoms with E-state index in [0.29, 0.717) is 22.4 Å². The maximum absolute atomic E-state index is 5.98. The molecule has 3 rings (SSSR count). The first-order chi connectivity index (χ1) is 8.25. The molecule has 17 heavy (non-hydrogen) atoms. The molecule has 0 spiro atoms. The van der Waals surface area contributed by atoms with Crippen LogP contribution in [0.1, 0.15) is 18.9 Å². The second-order valence-corrected chi connectivity index (χ2v) is 4.65. The van der Waals surface area contributed by atoms with Crippen LogP contribution < -0.4 is 0 Å². The standard InChI is InChI=1S/C10H10Cl2N4O/c11-8-7-9(15-10(12)14-8)16(5-13-7)6-1-3-17-4-2-6/h5-6H,1-4H2. The molecule has 0 atom stereocenters. The summed E-state index contributed by atoms with van der Waals surface area (Å²) in [7, 11) is 0. The third kappa shape index (κ3) is 1.99. The molecule has 0 radical (unpaired) electrons. The number of hydrogen-bond donors (Lipinski definition) is 0. The Kier molecular flexibility index (Phi) is 2.90. The summed E-state index contributed by atoms with van der Waals surface area (Å²) in [4.78, 5) is 12.3. The highest BCUT2D eigenvalue weighted by Crippen LogP contribution is 2.27. The molecule has 0 unspecified atom stereocenters. The van der Waals surface area contributed by atoms with Gasteiger partial charge in [0, 0.05) is 19.3 Å². The summed E-state index contributed by atoms with van der Waals surface area (Å²) >= 11 is 11.8. The van der Waals surface area contributed by atoms with Gasteiger partial charge in [0.15, 0.2) is 10.8 Å². The van der Waals surface area contributed by atoms with Crippen molar-refractivity contribution in [3.63, 3.8) is 0 Å². The fourth-order valence-corrected chi connectivity index (χ4v) is 2.51. The van der Waals surface area contributed by atoms with E-state index >= 15 is 0 Å². The van der Waals surface area contributed by atoms with Crippen molar-refractivity contribution in [1.29, 1.82) is 0 Å². The van der Waals surface area contributed by atoms with Crippen molar-refractivity contribution in [3.05, 3.63) is 16.8 Å². The summed E-state index contributed by atoms with van der Waals surface area (Å²) in [5, 5.41) is 0.446. The van der Waals surface area contributed by atoms with Gasteiger partial charge in [0.25, 0.3) is 0 Å². The zero-order chi connectivity index (χ0) is 11.8. The molecule has 1 aliphatic heterocycles. The Balaban J connectivity index is 2.10. The topological polar surface area (TPSA) is 52.8 Å². The third-order valence-electron chi connectivity index (χ3n) is 2.94. The van der Waals surface area contributed by atoms with Crippen molar-refractivity contribution in [2.24, 2.45) is 0 Å². The molecule has 3 heterocycles. The first kappa shape index (κ1) is 11.2. The average molecular weight is 273 g/mol. The molecule has 1 saturated heterocycles. The zero-order valence-corrected chi connectivity index (χ0v) is 10.4. The third-order valence-corrected chi connectivity index (χ3v) is 3.37. The molecule has 1 fully saturated rings. The van der Waals surface area contributed by atoms with Crippen LogP contribution in [0.3, 0.4) is 0 Å². The summed E-state index contributed by atoms with van der Waals surface area (Å²) in [6.45, 7) is 1.52. The number of nitrogens with zero attached hydrogens (tertiary/aromatic N) is 4. The van der Waals surface area contributed by atoms with Crippen LogP contribution in [0.5, 0.6) is 0 Å². The molecule has 2 aromatic rings. The van der Waals surface area contributed by atoms with Crippen molar-refractivity contribution < 1.29 is 4.74 Å². The second kappa shape index (κ2) is 4.40. The van der Waals surface area contributed by atoms with Crippen LogP contribution in [0, 0.1) is 0 Å². The Morgan fingerprint density at radius 1 is 1.24 bits per heavy atom. The lowest BCUT2D eigenvalue weighted by Crippen LogP contribution is -2.19. The number of rotatable bonds is 1. The Morgan fingerprint density at radius 3 is 2.76 bits per heavy atom. The monoisotopic (exact) mass is 272 g/mol. The first-order valence-corrected chi connectivity index (χ1v) is 6.14. The van der Waals surface area contributed by atoms with Crippen molar-refractivity contribution in [1.82, 2.24) is 19.5 Å². The van der Waals surface area contributed by atoms with Gasteiger partial charge in [-0.25, -0.2) is 9.97 Å². The van der Waals surface area contributed by atoms with E-state index in [1.807, 2.05) is 4.57 Å². The number of halogens is 2. The minimum atomic E-state index is 0.149. The molecule has 2 aromatic heterocycles. The molecule has 7 heteroatoms. The van der Waals surface area contributed by atoms with Gasteiger partial charge >= 0.3 is 0 Å². The van der Waals surface area contributed by atoms with E-state index in [0.717, 1.165) is 26.1 Å². The van der Waals surface area contributed by atoms with Crippen LogP contribution >= 0.6 is 23.2 Å². The van der Waals surface area contributed by atoms with Crippen LogP contribution in [-0.2, 0) is 4.74 Å². The van der Waals surface area contributed by atoms with E-state index in [9.17, 15) is 0 Å². The van der Waals surface area contributed by atoms with Gasteiger partial charge in [-0.15, -0.1) is 0 Å². The van der Waals surface area contributed by atoms with E-state index in [1.165, 1.54) is 0 Å². The highest BCUT2D eigenvalue weighted by molar-refractivity contribution is 6.35. The second-order valence-electron chi connectivity index (χ2n) is 3.95. The first-order valence-electron chi connectivity index (χ1n) is 5.39. The fourth-order valence-electron chi connectivity index (χ4n) is 2.09. The molecule has 0 amide bonds. The Hall–Kier alpha value is -0.910. The summed E-state index contributed by atoms with van der Waals surface area (Å²) < 4.78 is 7.35. The van der Waals surface area contributed by atoms with E-state index in [2.05, 4.69) is 15.0 Å². The predicted molar refractivity (Wildman–Crippen MR) is 64.4 cm³/mol. The summed E-state index contributed by atoms with van der Waals surface area (Å²) in [6.07, 6.45) is 3.65. The highest BCUT2D eigenvalue weighted by atomic mass is 35.5. The molecule has 0 aromatic carbocycles. The minimum Gasteiger partial charge on any atom is -0.381 e.